The summed E-state index contributed by atoms with van der Waals surface area (Å²) in [6, 6.07) is 7.30. The number of hydrogen-bond acceptors (Lipinski definition) is 7. The highest BCUT2D eigenvalue weighted by atomic mass is 35.5. The Balaban J connectivity index is 1.47. The summed E-state index contributed by atoms with van der Waals surface area (Å²) in [5, 5.41) is 3.48. The van der Waals surface area contributed by atoms with Crippen LogP contribution in [0.3, 0.4) is 0 Å². The summed E-state index contributed by atoms with van der Waals surface area (Å²) in [5.41, 5.74) is -0.371. The Bertz CT molecular complexity index is 1400. The van der Waals surface area contributed by atoms with Crippen LogP contribution in [-0.4, -0.2) is 60.7 Å². The maximum absolute atomic E-state index is 15.4. The van der Waals surface area contributed by atoms with E-state index in [0.29, 0.717) is 17.5 Å². The molecule has 0 radical (unpaired) electrons. The van der Waals surface area contributed by atoms with E-state index in [9.17, 15) is 21.2 Å². The van der Waals surface area contributed by atoms with Crippen LogP contribution in [0.1, 0.15) is 31.2 Å². The zero-order valence-corrected chi connectivity index (χ0v) is 23.1. The molecule has 0 amide bonds. The van der Waals surface area contributed by atoms with Crippen LogP contribution in [0.4, 0.5) is 8.78 Å². The molecule has 2 heterocycles. The van der Waals surface area contributed by atoms with Gasteiger partial charge in [-0.05, 0) is 74.5 Å². The second kappa shape index (κ2) is 10.6. The van der Waals surface area contributed by atoms with Gasteiger partial charge in [0.05, 0.1) is 34.7 Å². The van der Waals surface area contributed by atoms with E-state index in [1.807, 2.05) is 0 Å². The molecule has 0 aromatic heterocycles. The predicted molar refractivity (Wildman–Crippen MR) is 139 cm³/mol. The smallest absolute Gasteiger partial charge is 0.189 e. The first-order chi connectivity index (χ1) is 18.0. The first-order valence-corrected chi connectivity index (χ1v) is 16.4. The molecule has 208 valence electrons. The molecule has 1 saturated carbocycles. The van der Waals surface area contributed by atoms with Gasteiger partial charge in [0.25, 0.3) is 0 Å². The van der Waals surface area contributed by atoms with Crippen LogP contribution in [0.5, 0.6) is 5.75 Å². The minimum Gasteiger partial charge on any atom is -0.490 e. The molecule has 1 N–H and O–H groups in total. The van der Waals surface area contributed by atoms with E-state index >= 15 is 4.39 Å². The van der Waals surface area contributed by atoms with Gasteiger partial charge in [-0.15, -0.1) is 0 Å². The standard InChI is InChI=1S/C26H30ClF2NO6S2/c27-18-3-5-19(6-4-18)38(33,34)26-10-12-35-23(9-13-37(31,32)14-11-30-15-17-1-2-17)20(26)16-36-25-22(29)8-7-21(28)24(25)26/h3-8,17,20,23,30H,1-2,9-16H2/t20-,23-,26-/m0/s1. The molecule has 1 saturated heterocycles. The van der Waals surface area contributed by atoms with Gasteiger partial charge in [-0.2, -0.15) is 0 Å². The molecule has 38 heavy (non-hydrogen) atoms. The van der Waals surface area contributed by atoms with E-state index in [2.05, 4.69) is 5.32 Å². The molecule has 0 unspecified atom stereocenters. The molecule has 5 rings (SSSR count). The fraction of sp³-hybridized carbons (Fsp3) is 0.538. The Morgan fingerprint density at radius 1 is 1.00 bits per heavy atom. The van der Waals surface area contributed by atoms with Gasteiger partial charge < -0.3 is 14.8 Å². The zero-order chi connectivity index (χ0) is 27.1. The van der Waals surface area contributed by atoms with E-state index < -0.39 is 53.8 Å². The van der Waals surface area contributed by atoms with Crippen molar-refractivity contribution in [3.8, 4) is 5.75 Å². The van der Waals surface area contributed by atoms with Crippen LogP contribution < -0.4 is 10.1 Å². The highest BCUT2D eigenvalue weighted by molar-refractivity contribution is 7.92. The van der Waals surface area contributed by atoms with Gasteiger partial charge in [-0.25, -0.2) is 25.6 Å². The zero-order valence-electron chi connectivity index (χ0n) is 20.7. The summed E-state index contributed by atoms with van der Waals surface area (Å²) in [5.74, 6) is -2.83. The van der Waals surface area contributed by atoms with Crippen molar-refractivity contribution in [2.24, 2.45) is 11.8 Å². The topological polar surface area (TPSA) is 98.8 Å². The first kappa shape index (κ1) is 27.8. The second-order valence-electron chi connectivity index (χ2n) is 10.2. The SMILES string of the molecule is O=S(=O)(CCNCC1CC1)CC[C@@H]1OCC[C@@]2(S(=O)(=O)c3ccc(Cl)cc3)c3c(F)ccc(F)c3OC[C@@H]12. The van der Waals surface area contributed by atoms with E-state index in [-0.39, 0.29) is 48.0 Å². The van der Waals surface area contributed by atoms with Crippen molar-refractivity contribution < 1.29 is 35.1 Å². The maximum atomic E-state index is 15.4. The van der Waals surface area contributed by atoms with Crippen LogP contribution in [0.25, 0.3) is 0 Å². The lowest BCUT2D eigenvalue weighted by atomic mass is 9.75. The molecule has 2 aromatic carbocycles. The van der Waals surface area contributed by atoms with Crippen molar-refractivity contribution in [3.63, 3.8) is 0 Å². The third-order valence-electron chi connectivity index (χ3n) is 7.78. The molecular weight excluding hydrogens is 560 g/mol. The number of nitrogens with one attached hydrogen (secondary N) is 1. The second-order valence-corrected chi connectivity index (χ2v) is 15.2. The number of hydrogen-bond donors (Lipinski definition) is 1. The molecule has 3 aliphatic rings. The van der Waals surface area contributed by atoms with E-state index in [1.165, 1.54) is 24.3 Å². The van der Waals surface area contributed by atoms with Crippen molar-refractivity contribution >= 4 is 31.3 Å². The number of halogens is 3. The van der Waals surface area contributed by atoms with Crippen molar-refractivity contribution in [3.05, 3.63) is 58.6 Å². The number of ether oxygens (including phenoxy) is 2. The van der Waals surface area contributed by atoms with Gasteiger partial charge in [0.2, 0.25) is 0 Å². The van der Waals surface area contributed by atoms with Gasteiger partial charge in [0.1, 0.15) is 10.6 Å². The highest BCUT2D eigenvalue weighted by Gasteiger charge is 2.61. The summed E-state index contributed by atoms with van der Waals surface area (Å²) in [4.78, 5) is -0.0987. The number of fused-ring (bicyclic) bond motifs is 3. The Labute approximate surface area is 226 Å². The van der Waals surface area contributed by atoms with Crippen molar-refractivity contribution in [2.75, 3.05) is 37.8 Å². The number of sulfone groups is 2. The van der Waals surface area contributed by atoms with E-state index in [1.54, 1.807) is 0 Å². The van der Waals surface area contributed by atoms with Crippen LogP contribution in [-0.2, 0) is 29.2 Å². The fourth-order valence-electron chi connectivity index (χ4n) is 5.59. The Morgan fingerprint density at radius 3 is 2.42 bits per heavy atom. The summed E-state index contributed by atoms with van der Waals surface area (Å²) in [7, 11) is -7.81. The van der Waals surface area contributed by atoms with Crippen molar-refractivity contribution in [1.82, 2.24) is 5.32 Å². The monoisotopic (exact) mass is 589 g/mol. The van der Waals surface area contributed by atoms with Crippen molar-refractivity contribution in [2.45, 2.75) is 41.4 Å². The number of rotatable bonds is 10. The van der Waals surface area contributed by atoms with Crippen molar-refractivity contribution in [1.29, 1.82) is 0 Å². The highest BCUT2D eigenvalue weighted by Crippen LogP contribution is 2.55. The maximum Gasteiger partial charge on any atom is 0.189 e. The molecule has 0 bridgehead atoms. The molecule has 12 heteroatoms. The minimum atomic E-state index is -4.34. The molecule has 2 fully saturated rings. The molecule has 2 aromatic rings. The lowest BCUT2D eigenvalue weighted by Gasteiger charge is -2.50. The summed E-state index contributed by atoms with van der Waals surface area (Å²) in [6.07, 6.45) is 1.32. The summed E-state index contributed by atoms with van der Waals surface area (Å²) < 4.78 is 93.9. The Hall–Kier alpha value is -1.79. The molecule has 2 aliphatic heterocycles. The minimum absolute atomic E-state index is 0.00312. The van der Waals surface area contributed by atoms with Gasteiger partial charge in [0.15, 0.2) is 31.2 Å². The average molecular weight is 590 g/mol. The molecule has 0 spiro atoms. The largest absolute Gasteiger partial charge is 0.490 e. The predicted octanol–water partition coefficient (Wildman–Crippen LogP) is 3.89. The Morgan fingerprint density at radius 2 is 1.71 bits per heavy atom. The van der Waals surface area contributed by atoms with Gasteiger partial charge in [-0.1, -0.05) is 11.6 Å². The molecule has 3 atom stereocenters. The van der Waals surface area contributed by atoms with Crippen LogP contribution in [0.2, 0.25) is 5.02 Å². The lowest BCUT2D eigenvalue weighted by Crippen LogP contribution is -2.57. The summed E-state index contributed by atoms with van der Waals surface area (Å²) in [6.45, 7) is 0.789. The third-order valence-corrected chi connectivity index (χ3v) is 12.3. The lowest BCUT2D eigenvalue weighted by molar-refractivity contribution is -0.0732. The first-order valence-electron chi connectivity index (χ1n) is 12.7. The number of benzene rings is 2. The average Bonchev–Trinajstić information content (AvgIpc) is 3.72. The molecular formula is C26H30ClF2NO6S2. The van der Waals surface area contributed by atoms with Gasteiger partial charge >= 0.3 is 0 Å². The summed E-state index contributed by atoms with van der Waals surface area (Å²) >= 11 is 5.98. The fourth-order valence-corrected chi connectivity index (χ4v) is 9.31. The third kappa shape index (κ3) is 5.20. The molecule has 1 aliphatic carbocycles. The molecule has 7 nitrogen and oxygen atoms in total. The van der Waals surface area contributed by atoms with Crippen LogP contribution in [0, 0.1) is 23.5 Å². The van der Waals surface area contributed by atoms with Gasteiger partial charge in [0, 0.05) is 24.1 Å². The normalized spacial score (nSPS) is 25.3. The van der Waals surface area contributed by atoms with E-state index in [0.717, 1.165) is 31.5 Å². The van der Waals surface area contributed by atoms with Crippen LogP contribution >= 0.6 is 11.6 Å². The Kier molecular flexibility index (Phi) is 7.78. The van der Waals surface area contributed by atoms with E-state index in [4.69, 9.17) is 21.1 Å². The quantitative estimate of drug-likeness (QED) is 0.420. The van der Waals surface area contributed by atoms with Gasteiger partial charge in [-0.3, -0.25) is 0 Å². The van der Waals surface area contributed by atoms with Crippen LogP contribution in [0.15, 0.2) is 41.3 Å².